The van der Waals surface area contributed by atoms with Gasteiger partial charge in [0.1, 0.15) is 11.1 Å². The van der Waals surface area contributed by atoms with Gasteiger partial charge in [0.15, 0.2) is 6.07 Å². The van der Waals surface area contributed by atoms with Crippen molar-refractivity contribution in [1.29, 1.82) is 0 Å². The van der Waals surface area contributed by atoms with E-state index in [0.717, 1.165) is 6.42 Å². The Hall–Kier alpha value is -0.970. The number of halogens is 1. The third-order valence-electron chi connectivity index (χ3n) is 3.83. The third kappa shape index (κ3) is 5.87. The smallest absolute Gasteiger partial charge is 0.408 e. The molecule has 0 bridgehead atoms. The SMILES string of the molecule is CC1(C)CC(C)(C)CC(NC(=O)OC(C)(C)C)(C(=O)OCCl)C1. The molecule has 0 radical (unpaired) electrons. The number of alkyl halides is 1. The topological polar surface area (TPSA) is 64.6 Å². The summed E-state index contributed by atoms with van der Waals surface area (Å²) in [5.41, 5.74) is -2.01. The van der Waals surface area contributed by atoms with Gasteiger partial charge in [-0.1, -0.05) is 39.3 Å². The molecule has 0 spiro atoms. The Balaban J connectivity index is 3.13. The van der Waals surface area contributed by atoms with Gasteiger partial charge in [0.05, 0.1) is 0 Å². The van der Waals surface area contributed by atoms with Crippen LogP contribution in [-0.4, -0.2) is 29.3 Å². The van der Waals surface area contributed by atoms with Gasteiger partial charge in [-0.25, -0.2) is 9.59 Å². The average molecular weight is 348 g/mol. The van der Waals surface area contributed by atoms with Gasteiger partial charge >= 0.3 is 12.1 Å². The molecule has 134 valence electrons. The van der Waals surface area contributed by atoms with Crippen molar-refractivity contribution in [1.82, 2.24) is 5.32 Å². The number of nitrogens with one attached hydrogen (secondary N) is 1. The van der Waals surface area contributed by atoms with Crippen LogP contribution in [0, 0.1) is 10.8 Å². The maximum absolute atomic E-state index is 12.6. The Morgan fingerprint density at radius 1 is 1.04 bits per heavy atom. The zero-order chi connectivity index (χ0) is 18.1. The standard InChI is InChI=1S/C17H30ClNO4/c1-14(2,3)23-13(21)19-17(12(20)22-11-18)9-15(4,5)8-16(6,7)10-17/h8-11H2,1-7H3,(H,19,21). The van der Waals surface area contributed by atoms with Crippen LogP contribution in [0.2, 0.25) is 0 Å². The lowest BCUT2D eigenvalue weighted by Crippen LogP contribution is -2.62. The Kier molecular flexibility index (Phi) is 5.67. The fourth-order valence-electron chi connectivity index (χ4n) is 4.09. The van der Waals surface area contributed by atoms with Crippen molar-refractivity contribution in [2.45, 2.75) is 78.9 Å². The summed E-state index contributed by atoms with van der Waals surface area (Å²) in [4.78, 5) is 24.9. The molecule has 1 rings (SSSR count). The second kappa shape index (κ2) is 6.50. The van der Waals surface area contributed by atoms with Crippen molar-refractivity contribution >= 4 is 23.7 Å². The van der Waals surface area contributed by atoms with Crippen molar-refractivity contribution in [3.63, 3.8) is 0 Å². The maximum atomic E-state index is 12.6. The number of alkyl carbamates (subject to hydrolysis) is 1. The number of carbonyl (C=O) groups is 2. The lowest BCUT2D eigenvalue weighted by Gasteiger charge is -2.50. The minimum atomic E-state index is -1.12. The first-order valence-corrected chi connectivity index (χ1v) is 8.48. The van der Waals surface area contributed by atoms with Gasteiger partial charge in [0.2, 0.25) is 0 Å². The molecule has 0 aromatic rings. The van der Waals surface area contributed by atoms with E-state index in [-0.39, 0.29) is 16.9 Å². The van der Waals surface area contributed by atoms with E-state index in [0.29, 0.717) is 12.8 Å². The lowest BCUT2D eigenvalue weighted by atomic mass is 9.58. The number of ether oxygens (including phenoxy) is 2. The van der Waals surface area contributed by atoms with Crippen LogP contribution in [-0.2, 0) is 14.3 Å². The fourth-order valence-corrected chi connectivity index (χ4v) is 4.19. The number of rotatable bonds is 3. The van der Waals surface area contributed by atoms with Gasteiger partial charge in [-0.2, -0.15) is 0 Å². The summed E-state index contributed by atoms with van der Waals surface area (Å²) in [5, 5.41) is 2.79. The van der Waals surface area contributed by atoms with Crippen molar-refractivity contribution in [2.75, 3.05) is 6.07 Å². The zero-order valence-corrected chi connectivity index (χ0v) is 16.1. The summed E-state index contributed by atoms with van der Waals surface area (Å²) < 4.78 is 10.4. The van der Waals surface area contributed by atoms with Crippen LogP contribution < -0.4 is 5.32 Å². The van der Waals surface area contributed by atoms with Crippen LogP contribution in [0.5, 0.6) is 0 Å². The second-order valence-electron chi connectivity index (χ2n) is 9.11. The van der Waals surface area contributed by atoms with Gasteiger partial charge in [0, 0.05) is 0 Å². The highest BCUT2D eigenvalue weighted by Gasteiger charge is 2.54. The van der Waals surface area contributed by atoms with Crippen molar-refractivity contribution < 1.29 is 19.1 Å². The molecule has 1 saturated carbocycles. The van der Waals surface area contributed by atoms with Crippen LogP contribution in [0.15, 0.2) is 0 Å². The summed E-state index contributed by atoms with van der Waals surface area (Å²) >= 11 is 5.58. The van der Waals surface area contributed by atoms with Crippen molar-refractivity contribution in [3.8, 4) is 0 Å². The summed E-state index contributed by atoms with van der Waals surface area (Å²) in [7, 11) is 0. The number of carbonyl (C=O) groups excluding carboxylic acids is 2. The normalized spacial score (nSPS) is 22.1. The van der Waals surface area contributed by atoms with Crippen LogP contribution in [0.4, 0.5) is 4.79 Å². The lowest BCUT2D eigenvalue weighted by molar-refractivity contribution is -0.156. The van der Waals surface area contributed by atoms with Crippen LogP contribution in [0.1, 0.15) is 67.7 Å². The first kappa shape index (κ1) is 20.1. The Morgan fingerprint density at radius 2 is 1.52 bits per heavy atom. The fraction of sp³-hybridized carbons (Fsp3) is 0.882. The molecule has 1 amide bonds. The molecule has 0 atom stereocenters. The molecule has 0 unspecified atom stereocenters. The molecule has 5 nitrogen and oxygen atoms in total. The van der Waals surface area contributed by atoms with Gasteiger partial charge in [0.25, 0.3) is 0 Å². The molecular weight excluding hydrogens is 318 g/mol. The molecule has 1 fully saturated rings. The molecular formula is C17H30ClNO4. The van der Waals surface area contributed by atoms with Gasteiger partial charge in [-0.3, -0.25) is 0 Å². The summed E-state index contributed by atoms with van der Waals surface area (Å²) in [6.07, 6.45) is 1.31. The predicted octanol–water partition coefficient (Wildman–Crippen LogP) is 4.23. The maximum Gasteiger partial charge on any atom is 0.408 e. The molecule has 0 heterocycles. The number of esters is 1. The molecule has 0 saturated heterocycles. The average Bonchev–Trinajstić information content (AvgIpc) is 2.21. The van der Waals surface area contributed by atoms with E-state index < -0.39 is 23.2 Å². The minimum Gasteiger partial charge on any atom is -0.448 e. The minimum absolute atomic E-state index is 0.123. The summed E-state index contributed by atoms with van der Waals surface area (Å²) in [5.74, 6) is -0.501. The molecule has 1 N–H and O–H groups in total. The van der Waals surface area contributed by atoms with Gasteiger partial charge < -0.3 is 14.8 Å². The number of hydrogen-bond acceptors (Lipinski definition) is 4. The predicted molar refractivity (Wildman–Crippen MR) is 90.3 cm³/mol. The van der Waals surface area contributed by atoms with Gasteiger partial charge in [-0.05, 0) is 50.9 Å². The van der Waals surface area contributed by atoms with Crippen LogP contribution in [0.3, 0.4) is 0 Å². The first-order chi connectivity index (χ1) is 10.2. The largest absolute Gasteiger partial charge is 0.448 e. The van der Waals surface area contributed by atoms with E-state index in [2.05, 4.69) is 33.0 Å². The third-order valence-corrected chi connectivity index (χ3v) is 3.94. The summed E-state index contributed by atoms with van der Waals surface area (Å²) in [6, 6.07) is -0.239. The van der Waals surface area contributed by atoms with E-state index in [1.54, 1.807) is 20.8 Å². The molecule has 0 aliphatic heterocycles. The second-order valence-corrected chi connectivity index (χ2v) is 9.33. The highest BCUT2D eigenvalue weighted by molar-refractivity contribution is 6.17. The highest BCUT2D eigenvalue weighted by atomic mass is 35.5. The molecule has 1 aliphatic carbocycles. The Morgan fingerprint density at radius 3 is 1.91 bits per heavy atom. The highest BCUT2D eigenvalue weighted by Crippen LogP contribution is 2.50. The first-order valence-electron chi connectivity index (χ1n) is 7.95. The van der Waals surface area contributed by atoms with Gasteiger partial charge in [-0.15, -0.1) is 0 Å². The molecule has 23 heavy (non-hydrogen) atoms. The van der Waals surface area contributed by atoms with Crippen molar-refractivity contribution in [3.05, 3.63) is 0 Å². The van der Waals surface area contributed by atoms with E-state index in [4.69, 9.17) is 21.1 Å². The van der Waals surface area contributed by atoms with E-state index in [1.807, 2.05) is 0 Å². The zero-order valence-electron chi connectivity index (χ0n) is 15.3. The number of hydrogen-bond donors (Lipinski definition) is 1. The molecule has 0 aromatic heterocycles. The molecule has 0 aromatic carbocycles. The monoisotopic (exact) mass is 347 g/mol. The van der Waals surface area contributed by atoms with Crippen molar-refractivity contribution in [2.24, 2.45) is 10.8 Å². The van der Waals surface area contributed by atoms with E-state index >= 15 is 0 Å². The van der Waals surface area contributed by atoms with Crippen LogP contribution in [0.25, 0.3) is 0 Å². The molecule has 1 aliphatic rings. The number of amides is 1. The van der Waals surface area contributed by atoms with E-state index in [1.165, 1.54) is 0 Å². The Labute approximate surface area is 144 Å². The van der Waals surface area contributed by atoms with E-state index in [9.17, 15) is 9.59 Å². The van der Waals surface area contributed by atoms with Crippen LogP contribution >= 0.6 is 11.6 Å². The molecule has 6 heteroatoms. The quantitative estimate of drug-likeness (QED) is 0.613. The Bertz CT molecular complexity index is 450. The summed E-state index contributed by atoms with van der Waals surface area (Å²) in [6.45, 7) is 13.7.